The molecule has 1 aliphatic rings. The predicted molar refractivity (Wildman–Crippen MR) is 88.0 cm³/mol. The van der Waals surface area contributed by atoms with Crippen molar-refractivity contribution in [1.82, 2.24) is 9.62 Å². The number of esters is 1. The van der Waals surface area contributed by atoms with Crippen molar-refractivity contribution < 1.29 is 22.7 Å². The number of benzene rings is 1. The van der Waals surface area contributed by atoms with Gasteiger partial charge in [-0.05, 0) is 44.0 Å². The third-order valence-electron chi connectivity index (χ3n) is 3.97. The number of nitrogens with one attached hydrogen (secondary N) is 1. The maximum absolute atomic E-state index is 12.5. The highest BCUT2D eigenvalue weighted by molar-refractivity contribution is 7.89. The zero-order chi connectivity index (χ0) is 17.7. The minimum atomic E-state index is -3.52. The van der Waals surface area contributed by atoms with Crippen molar-refractivity contribution in [3.63, 3.8) is 0 Å². The van der Waals surface area contributed by atoms with E-state index in [1.54, 1.807) is 0 Å². The van der Waals surface area contributed by atoms with E-state index >= 15 is 0 Å². The van der Waals surface area contributed by atoms with E-state index in [9.17, 15) is 18.0 Å². The second-order valence-corrected chi connectivity index (χ2v) is 7.65. The molecule has 1 saturated heterocycles. The summed E-state index contributed by atoms with van der Waals surface area (Å²) in [7, 11) is -2.28. The molecule has 2 rings (SSSR count). The first-order valence-corrected chi connectivity index (χ1v) is 9.29. The summed E-state index contributed by atoms with van der Waals surface area (Å²) in [6.07, 6.45) is 2.78. The van der Waals surface area contributed by atoms with Gasteiger partial charge in [0.2, 0.25) is 10.0 Å². The van der Waals surface area contributed by atoms with Crippen LogP contribution in [0.5, 0.6) is 0 Å². The number of nitrogens with zero attached hydrogens (tertiary/aromatic N) is 1. The first-order chi connectivity index (χ1) is 11.4. The summed E-state index contributed by atoms with van der Waals surface area (Å²) in [5.41, 5.74) is 0.281. The Balaban J connectivity index is 2.09. The Morgan fingerprint density at radius 1 is 1.12 bits per heavy atom. The lowest BCUT2D eigenvalue weighted by molar-refractivity contribution is -0.142. The van der Waals surface area contributed by atoms with Crippen LogP contribution in [0.2, 0.25) is 0 Å². The molecule has 1 N–H and O–H groups in total. The number of hydrogen-bond donors (Lipinski definition) is 1. The number of rotatable bonds is 5. The number of carbonyl (C=O) groups excluding carboxylic acids is 2. The Labute approximate surface area is 142 Å². The lowest BCUT2D eigenvalue weighted by Gasteiger charge is -2.25. The summed E-state index contributed by atoms with van der Waals surface area (Å²) in [5.74, 6) is -1.01. The van der Waals surface area contributed by atoms with Crippen LogP contribution in [0.25, 0.3) is 0 Å². The number of sulfonamides is 1. The maximum atomic E-state index is 12.5. The third kappa shape index (κ3) is 4.12. The van der Waals surface area contributed by atoms with Crippen LogP contribution in [0, 0.1) is 0 Å². The van der Waals surface area contributed by atoms with Gasteiger partial charge in [-0.3, -0.25) is 4.79 Å². The fraction of sp³-hybridized carbons (Fsp3) is 0.500. The standard InChI is InChI=1S/C16H22N2O5S/c1-12(16(20)23-2)17-15(19)13-6-8-14(9-7-13)24(21,22)18-10-4-3-5-11-18/h6-9,12H,3-5,10-11H2,1-2H3,(H,17,19)/t12-/m1/s1. The molecule has 8 heteroatoms. The van der Waals surface area contributed by atoms with Gasteiger partial charge in [-0.1, -0.05) is 6.42 Å². The van der Waals surface area contributed by atoms with Crippen molar-refractivity contribution >= 4 is 21.9 Å². The number of ether oxygens (including phenoxy) is 1. The van der Waals surface area contributed by atoms with Gasteiger partial charge < -0.3 is 10.1 Å². The zero-order valence-corrected chi connectivity index (χ0v) is 14.6. The van der Waals surface area contributed by atoms with E-state index in [0.29, 0.717) is 13.1 Å². The van der Waals surface area contributed by atoms with Crippen molar-refractivity contribution in [2.45, 2.75) is 37.1 Å². The molecule has 132 valence electrons. The summed E-state index contributed by atoms with van der Waals surface area (Å²) < 4.78 is 31.1. The van der Waals surface area contributed by atoms with Gasteiger partial charge in [-0.25, -0.2) is 13.2 Å². The summed E-state index contributed by atoms with van der Waals surface area (Å²) in [5, 5.41) is 2.50. The molecule has 1 aromatic rings. The predicted octanol–water partition coefficient (Wildman–Crippen LogP) is 1.15. The highest BCUT2D eigenvalue weighted by Crippen LogP contribution is 2.20. The molecule has 1 aromatic carbocycles. The smallest absolute Gasteiger partial charge is 0.328 e. The van der Waals surface area contributed by atoms with E-state index in [1.807, 2.05) is 0 Å². The van der Waals surface area contributed by atoms with Gasteiger partial charge in [-0.2, -0.15) is 4.31 Å². The first kappa shape index (κ1) is 18.4. The van der Waals surface area contributed by atoms with E-state index in [0.717, 1.165) is 19.3 Å². The Bertz CT molecular complexity index is 694. The van der Waals surface area contributed by atoms with Crippen molar-refractivity contribution in [2.75, 3.05) is 20.2 Å². The van der Waals surface area contributed by atoms with Gasteiger partial charge in [0.05, 0.1) is 12.0 Å². The normalized spacial score (nSPS) is 17.1. The van der Waals surface area contributed by atoms with Crippen LogP contribution < -0.4 is 5.32 Å². The number of carbonyl (C=O) groups is 2. The van der Waals surface area contributed by atoms with Crippen LogP contribution >= 0.6 is 0 Å². The van der Waals surface area contributed by atoms with E-state index < -0.39 is 27.9 Å². The number of methoxy groups -OCH3 is 1. The van der Waals surface area contributed by atoms with Gasteiger partial charge in [0.15, 0.2) is 0 Å². The molecule has 1 amide bonds. The minimum absolute atomic E-state index is 0.168. The Hall–Kier alpha value is -1.93. The van der Waals surface area contributed by atoms with Gasteiger partial charge in [0.1, 0.15) is 6.04 Å². The Morgan fingerprint density at radius 3 is 2.25 bits per heavy atom. The van der Waals surface area contributed by atoms with Crippen molar-refractivity contribution in [2.24, 2.45) is 0 Å². The molecule has 1 fully saturated rings. The average Bonchev–Trinajstić information content (AvgIpc) is 2.61. The lowest BCUT2D eigenvalue weighted by atomic mass is 10.2. The van der Waals surface area contributed by atoms with E-state index in [1.165, 1.54) is 42.6 Å². The Kier molecular flexibility index (Phi) is 5.95. The molecular formula is C16H22N2O5S. The van der Waals surface area contributed by atoms with E-state index in [4.69, 9.17) is 0 Å². The number of amides is 1. The van der Waals surface area contributed by atoms with Crippen molar-refractivity contribution in [1.29, 1.82) is 0 Å². The van der Waals surface area contributed by atoms with Crippen LogP contribution in [-0.4, -0.2) is 50.8 Å². The molecule has 1 heterocycles. The monoisotopic (exact) mass is 354 g/mol. The number of hydrogen-bond acceptors (Lipinski definition) is 5. The molecule has 0 radical (unpaired) electrons. The van der Waals surface area contributed by atoms with Crippen molar-refractivity contribution in [3.05, 3.63) is 29.8 Å². The average molecular weight is 354 g/mol. The second kappa shape index (κ2) is 7.76. The molecule has 24 heavy (non-hydrogen) atoms. The summed E-state index contributed by atoms with van der Waals surface area (Å²) >= 11 is 0. The summed E-state index contributed by atoms with van der Waals surface area (Å²) in [4.78, 5) is 23.5. The largest absolute Gasteiger partial charge is 0.467 e. The third-order valence-corrected chi connectivity index (χ3v) is 5.88. The molecule has 0 unspecified atom stereocenters. The second-order valence-electron chi connectivity index (χ2n) is 5.71. The van der Waals surface area contributed by atoms with Crippen molar-refractivity contribution in [3.8, 4) is 0 Å². The Morgan fingerprint density at radius 2 is 1.71 bits per heavy atom. The van der Waals surface area contributed by atoms with E-state index in [2.05, 4.69) is 10.1 Å². The highest BCUT2D eigenvalue weighted by Gasteiger charge is 2.26. The molecule has 1 atom stereocenters. The number of piperidine rings is 1. The fourth-order valence-electron chi connectivity index (χ4n) is 2.55. The molecule has 1 aliphatic heterocycles. The fourth-order valence-corrected chi connectivity index (χ4v) is 4.07. The minimum Gasteiger partial charge on any atom is -0.467 e. The topological polar surface area (TPSA) is 92.8 Å². The molecule has 0 bridgehead atoms. The van der Waals surface area contributed by atoms with Gasteiger partial charge in [-0.15, -0.1) is 0 Å². The van der Waals surface area contributed by atoms with Gasteiger partial charge in [0.25, 0.3) is 5.91 Å². The summed E-state index contributed by atoms with van der Waals surface area (Å²) in [6.45, 7) is 2.57. The molecule has 7 nitrogen and oxygen atoms in total. The van der Waals surface area contributed by atoms with Crippen LogP contribution in [0.15, 0.2) is 29.2 Å². The van der Waals surface area contributed by atoms with Crippen LogP contribution in [0.4, 0.5) is 0 Å². The summed E-state index contributed by atoms with van der Waals surface area (Å²) in [6, 6.07) is 4.94. The van der Waals surface area contributed by atoms with Crippen LogP contribution in [-0.2, 0) is 19.6 Å². The van der Waals surface area contributed by atoms with Crippen LogP contribution in [0.1, 0.15) is 36.5 Å². The van der Waals surface area contributed by atoms with Crippen LogP contribution in [0.3, 0.4) is 0 Å². The van der Waals surface area contributed by atoms with Gasteiger partial charge in [0, 0.05) is 18.7 Å². The maximum Gasteiger partial charge on any atom is 0.328 e. The molecule has 0 aromatic heterocycles. The molecule has 0 saturated carbocycles. The molecule has 0 aliphatic carbocycles. The quantitative estimate of drug-likeness (QED) is 0.801. The molecule has 0 spiro atoms. The molecular weight excluding hydrogens is 332 g/mol. The zero-order valence-electron chi connectivity index (χ0n) is 13.8. The van der Waals surface area contributed by atoms with Gasteiger partial charge >= 0.3 is 5.97 Å². The van der Waals surface area contributed by atoms with E-state index in [-0.39, 0.29) is 10.5 Å². The lowest BCUT2D eigenvalue weighted by Crippen LogP contribution is -2.39. The highest BCUT2D eigenvalue weighted by atomic mass is 32.2. The SMILES string of the molecule is COC(=O)[C@@H](C)NC(=O)c1ccc(S(=O)(=O)N2CCCCC2)cc1. The first-order valence-electron chi connectivity index (χ1n) is 7.85.